The predicted octanol–water partition coefficient (Wildman–Crippen LogP) is 2.94. The van der Waals surface area contributed by atoms with Crippen molar-refractivity contribution in [2.45, 2.75) is 38.1 Å². The number of methoxy groups -OCH3 is 1. The molecule has 2 aromatic carbocycles. The van der Waals surface area contributed by atoms with Gasteiger partial charge in [0.1, 0.15) is 11.5 Å². The molecule has 0 radical (unpaired) electrons. The van der Waals surface area contributed by atoms with Crippen molar-refractivity contribution in [1.82, 2.24) is 14.1 Å². The van der Waals surface area contributed by atoms with Crippen LogP contribution < -0.4 is 9.64 Å². The number of benzene rings is 2. The second kappa shape index (κ2) is 13.7. The van der Waals surface area contributed by atoms with Gasteiger partial charge in [-0.1, -0.05) is 12.1 Å². The molecule has 0 saturated carbocycles. The summed E-state index contributed by atoms with van der Waals surface area (Å²) >= 11 is 0. The fourth-order valence-corrected chi connectivity index (χ4v) is 5.69. The summed E-state index contributed by atoms with van der Waals surface area (Å²) in [7, 11) is 6.87. The van der Waals surface area contributed by atoms with Crippen LogP contribution in [0.1, 0.15) is 29.5 Å². The molecule has 9 nitrogen and oxygen atoms in total. The van der Waals surface area contributed by atoms with Crippen LogP contribution >= 0.6 is 0 Å². The summed E-state index contributed by atoms with van der Waals surface area (Å²) in [4.78, 5) is 31.3. The lowest BCUT2D eigenvalue weighted by Crippen LogP contribution is -2.34. The molecule has 0 unspecified atom stereocenters. The molecule has 0 fully saturated rings. The third kappa shape index (κ3) is 8.54. The summed E-state index contributed by atoms with van der Waals surface area (Å²) in [5.74, 6) is 0.0910. The first-order chi connectivity index (χ1) is 17.8. The zero-order valence-electron chi connectivity index (χ0n) is 23.9. The molecule has 0 bridgehead atoms. The van der Waals surface area contributed by atoms with Gasteiger partial charge in [-0.2, -0.15) is 4.31 Å². The van der Waals surface area contributed by atoms with E-state index in [2.05, 4.69) is 9.80 Å². The number of ether oxygens (including phenoxy) is 1. The van der Waals surface area contributed by atoms with Gasteiger partial charge in [0, 0.05) is 59.3 Å². The van der Waals surface area contributed by atoms with Gasteiger partial charge in [-0.15, -0.1) is 0 Å². The average molecular weight is 547 g/mol. The highest BCUT2D eigenvalue weighted by molar-refractivity contribution is 7.89. The third-order valence-corrected chi connectivity index (χ3v) is 8.57. The van der Waals surface area contributed by atoms with Gasteiger partial charge in [0.25, 0.3) is 0 Å². The van der Waals surface area contributed by atoms with E-state index in [1.807, 2.05) is 45.4 Å². The van der Waals surface area contributed by atoms with E-state index in [1.165, 1.54) is 14.2 Å². The molecular weight excluding hydrogens is 504 g/mol. The van der Waals surface area contributed by atoms with E-state index in [9.17, 15) is 18.0 Å². The van der Waals surface area contributed by atoms with Crippen LogP contribution in [0.4, 0.5) is 5.69 Å². The molecule has 0 heterocycles. The SMILES string of the molecule is COc1cc(C)c(S(=O)(=O)N(C)CC(=O)CCC(=O)N(C)Cc2ccc(N(C)CCN(C)C)cc2)c(C)c1. The molecule has 0 aliphatic carbocycles. The van der Waals surface area contributed by atoms with Crippen LogP contribution in [0.3, 0.4) is 0 Å². The summed E-state index contributed by atoms with van der Waals surface area (Å²) in [6.45, 7) is 5.39. The number of anilines is 1. The molecule has 38 heavy (non-hydrogen) atoms. The van der Waals surface area contributed by atoms with Crippen LogP contribution in [-0.2, 0) is 26.2 Å². The van der Waals surface area contributed by atoms with E-state index in [0.717, 1.165) is 28.6 Å². The maximum atomic E-state index is 13.1. The van der Waals surface area contributed by atoms with E-state index in [1.54, 1.807) is 37.9 Å². The first kappa shape index (κ1) is 31.3. The second-order valence-electron chi connectivity index (χ2n) is 10.0. The number of rotatable bonds is 14. The number of hydrogen-bond acceptors (Lipinski definition) is 7. The number of carbonyl (C=O) groups is 2. The van der Waals surface area contributed by atoms with Crippen LogP contribution in [0, 0.1) is 13.8 Å². The summed E-state index contributed by atoms with van der Waals surface area (Å²) in [6, 6.07) is 11.4. The third-order valence-electron chi connectivity index (χ3n) is 6.46. The molecule has 2 aromatic rings. The fourth-order valence-electron chi connectivity index (χ4n) is 4.14. The standard InChI is InChI=1S/C28H42N4O5S/c1-21-17-26(37-8)18-22(2)28(21)38(35,36)32(7)20-25(33)13-14-27(34)31(6)19-23-9-11-24(12-10-23)30(5)16-15-29(3)4/h9-12,17-18H,13-16,19-20H2,1-8H3. The Labute approximate surface area is 228 Å². The lowest BCUT2D eigenvalue weighted by atomic mass is 10.1. The molecular formula is C28H42N4O5S. The molecule has 0 spiro atoms. The van der Waals surface area contributed by atoms with Crippen LogP contribution in [0.2, 0.25) is 0 Å². The minimum absolute atomic E-state index is 0.0230. The summed E-state index contributed by atoms with van der Waals surface area (Å²) in [5.41, 5.74) is 3.19. The fraction of sp³-hybridized carbons (Fsp3) is 0.500. The Kier molecular flexibility index (Phi) is 11.3. The lowest BCUT2D eigenvalue weighted by molar-refractivity contribution is -0.132. The highest BCUT2D eigenvalue weighted by atomic mass is 32.2. The number of hydrogen-bond donors (Lipinski definition) is 0. The number of aryl methyl sites for hydroxylation is 2. The Morgan fingerprint density at radius 2 is 1.45 bits per heavy atom. The summed E-state index contributed by atoms with van der Waals surface area (Å²) < 4.78 is 32.5. The van der Waals surface area contributed by atoms with Gasteiger partial charge in [0.05, 0.1) is 18.6 Å². The minimum atomic E-state index is -3.88. The van der Waals surface area contributed by atoms with Gasteiger partial charge in [-0.25, -0.2) is 8.42 Å². The topological polar surface area (TPSA) is 90.5 Å². The van der Waals surface area contributed by atoms with E-state index >= 15 is 0 Å². The number of sulfonamides is 1. The van der Waals surface area contributed by atoms with Crippen molar-refractivity contribution in [1.29, 1.82) is 0 Å². The Hall–Kier alpha value is -2.95. The number of amides is 1. The van der Waals surface area contributed by atoms with Crippen molar-refractivity contribution >= 4 is 27.4 Å². The zero-order chi connectivity index (χ0) is 28.6. The molecule has 0 aliphatic heterocycles. The molecule has 0 atom stereocenters. The molecule has 210 valence electrons. The highest BCUT2D eigenvalue weighted by Crippen LogP contribution is 2.27. The van der Waals surface area contributed by atoms with Crippen molar-refractivity contribution in [2.24, 2.45) is 0 Å². The molecule has 1 amide bonds. The van der Waals surface area contributed by atoms with Gasteiger partial charge in [-0.3, -0.25) is 9.59 Å². The van der Waals surface area contributed by atoms with E-state index in [0.29, 0.717) is 23.4 Å². The van der Waals surface area contributed by atoms with Gasteiger partial charge >= 0.3 is 0 Å². The zero-order valence-corrected chi connectivity index (χ0v) is 24.8. The monoisotopic (exact) mass is 546 g/mol. The normalized spacial score (nSPS) is 11.6. The largest absolute Gasteiger partial charge is 0.497 e. The number of likely N-dealkylation sites (N-methyl/N-ethyl adjacent to an activating group) is 3. The van der Waals surface area contributed by atoms with Crippen molar-refractivity contribution in [3.8, 4) is 5.75 Å². The molecule has 0 aliphatic rings. The molecule has 10 heteroatoms. The maximum Gasteiger partial charge on any atom is 0.243 e. The smallest absolute Gasteiger partial charge is 0.243 e. The second-order valence-corrected chi connectivity index (χ2v) is 12.0. The minimum Gasteiger partial charge on any atom is -0.497 e. The Balaban J connectivity index is 1.90. The van der Waals surface area contributed by atoms with Gasteiger partial charge < -0.3 is 19.4 Å². The van der Waals surface area contributed by atoms with Crippen molar-refractivity contribution in [2.75, 3.05) is 66.9 Å². The van der Waals surface area contributed by atoms with Crippen LogP contribution in [-0.4, -0.2) is 96.2 Å². The lowest BCUT2D eigenvalue weighted by Gasteiger charge is -2.22. The predicted molar refractivity (Wildman–Crippen MR) is 151 cm³/mol. The highest BCUT2D eigenvalue weighted by Gasteiger charge is 2.27. The maximum absolute atomic E-state index is 13.1. The van der Waals surface area contributed by atoms with Gasteiger partial charge in [0.15, 0.2) is 0 Å². The molecule has 2 rings (SSSR count). The Morgan fingerprint density at radius 1 is 0.868 bits per heavy atom. The van der Waals surface area contributed by atoms with Crippen LogP contribution in [0.25, 0.3) is 0 Å². The Bertz CT molecular complexity index is 1190. The van der Waals surface area contributed by atoms with Gasteiger partial charge in [-0.05, 0) is 68.9 Å². The number of Topliss-reactive ketones (excluding diaryl/α,β-unsaturated/α-hetero) is 1. The van der Waals surface area contributed by atoms with E-state index in [-0.39, 0.29) is 36.0 Å². The quantitative estimate of drug-likeness (QED) is 0.360. The first-order valence-corrected chi connectivity index (χ1v) is 14.0. The Morgan fingerprint density at radius 3 is 1.97 bits per heavy atom. The van der Waals surface area contributed by atoms with E-state index in [4.69, 9.17) is 4.74 Å². The molecule has 0 saturated heterocycles. The van der Waals surface area contributed by atoms with Crippen molar-refractivity contribution in [3.63, 3.8) is 0 Å². The van der Waals surface area contributed by atoms with Gasteiger partial charge in [0.2, 0.25) is 15.9 Å². The number of carbonyl (C=O) groups excluding carboxylic acids is 2. The number of nitrogens with zero attached hydrogens (tertiary/aromatic N) is 4. The first-order valence-electron chi connectivity index (χ1n) is 12.6. The molecule has 0 N–H and O–H groups in total. The molecule has 0 aromatic heterocycles. The van der Waals surface area contributed by atoms with Crippen LogP contribution in [0.5, 0.6) is 5.75 Å². The average Bonchev–Trinajstić information content (AvgIpc) is 2.85. The summed E-state index contributed by atoms with van der Waals surface area (Å²) in [5, 5.41) is 0. The van der Waals surface area contributed by atoms with E-state index < -0.39 is 10.0 Å². The number of ketones is 1. The summed E-state index contributed by atoms with van der Waals surface area (Å²) in [6.07, 6.45) is -0.00557. The van der Waals surface area contributed by atoms with Crippen LogP contribution in [0.15, 0.2) is 41.3 Å². The van der Waals surface area contributed by atoms with Crippen molar-refractivity contribution in [3.05, 3.63) is 53.1 Å². The van der Waals surface area contributed by atoms with Crippen molar-refractivity contribution < 1.29 is 22.7 Å².